The number of methoxy groups -OCH3 is 1. The number of hydrogen-bond acceptors (Lipinski definition) is 5. The Kier molecular flexibility index (Phi) is 4.71. The van der Waals surface area contributed by atoms with Crippen molar-refractivity contribution in [2.75, 3.05) is 13.7 Å². The zero-order valence-electron chi connectivity index (χ0n) is 9.56. The van der Waals surface area contributed by atoms with Gasteiger partial charge in [0.05, 0.1) is 0 Å². The van der Waals surface area contributed by atoms with Crippen LogP contribution in [0.15, 0.2) is 4.52 Å². The number of nitrogens with two attached hydrogens (primary N) is 1. The second-order valence-electron chi connectivity index (χ2n) is 4.05. The predicted octanol–water partition coefficient (Wildman–Crippen LogP) is 0.784. The van der Waals surface area contributed by atoms with Crippen LogP contribution in [0, 0.1) is 5.92 Å². The number of hydrogen-bond donors (Lipinski definition) is 1. The Bertz CT molecular complexity index is 286. The molecule has 0 aliphatic carbocycles. The standard InChI is InChI=1S/C10H19N3O2/c1-7(6-14-3)4-10-12-9(13-15-10)5-8(2)11/h7-8H,4-6,11H2,1-3H3. The van der Waals surface area contributed by atoms with Gasteiger partial charge in [-0.25, -0.2) is 0 Å². The highest BCUT2D eigenvalue weighted by molar-refractivity contribution is 4.89. The van der Waals surface area contributed by atoms with Gasteiger partial charge in [-0.3, -0.25) is 0 Å². The molecule has 2 atom stereocenters. The molecule has 1 rings (SSSR count). The molecule has 0 aliphatic heterocycles. The number of aromatic nitrogens is 2. The number of ether oxygens (including phenoxy) is 1. The molecule has 2 N–H and O–H groups in total. The summed E-state index contributed by atoms with van der Waals surface area (Å²) in [6.45, 7) is 4.70. The van der Waals surface area contributed by atoms with Crippen molar-refractivity contribution in [3.05, 3.63) is 11.7 Å². The molecule has 0 spiro atoms. The third-order valence-electron chi connectivity index (χ3n) is 1.99. The van der Waals surface area contributed by atoms with Gasteiger partial charge < -0.3 is 15.0 Å². The minimum absolute atomic E-state index is 0.0619. The summed E-state index contributed by atoms with van der Waals surface area (Å²) in [5.41, 5.74) is 5.64. The zero-order chi connectivity index (χ0) is 11.3. The summed E-state index contributed by atoms with van der Waals surface area (Å²) in [5, 5.41) is 3.86. The van der Waals surface area contributed by atoms with Gasteiger partial charge in [0.1, 0.15) is 0 Å². The molecule has 0 fully saturated rings. The van der Waals surface area contributed by atoms with E-state index in [1.807, 2.05) is 6.92 Å². The van der Waals surface area contributed by atoms with E-state index in [0.717, 1.165) is 6.42 Å². The van der Waals surface area contributed by atoms with Crippen LogP contribution in [-0.2, 0) is 17.6 Å². The quantitative estimate of drug-likeness (QED) is 0.756. The summed E-state index contributed by atoms with van der Waals surface area (Å²) in [4.78, 5) is 4.26. The first-order chi connectivity index (χ1) is 7.11. The van der Waals surface area contributed by atoms with Crippen molar-refractivity contribution >= 4 is 0 Å². The fourth-order valence-corrected chi connectivity index (χ4v) is 1.39. The van der Waals surface area contributed by atoms with Gasteiger partial charge in [0, 0.05) is 32.6 Å². The summed E-state index contributed by atoms with van der Waals surface area (Å²) in [6, 6.07) is 0.0619. The molecule has 2 unspecified atom stereocenters. The lowest BCUT2D eigenvalue weighted by Crippen LogP contribution is -2.18. The minimum atomic E-state index is 0.0619. The Morgan fingerprint density at radius 3 is 2.73 bits per heavy atom. The van der Waals surface area contributed by atoms with E-state index in [-0.39, 0.29) is 6.04 Å². The number of nitrogens with zero attached hydrogens (tertiary/aromatic N) is 2. The molecule has 0 aromatic carbocycles. The highest BCUT2D eigenvalue weighted by Gasteiger charge is 2.11. The summed E-state index contributed by atoms with van der Waals surface area (Å²) >= 11 is 0. The Morgan fingerprint density at radius 2 is 2.13 bits per heavy atom. The molecule has 5 heteroatoms. The lowest BCUT2D eigenvalue weighted by atomic mass is 10.1. The van der Waals surface area contributed by atoms with E-state index in [1.165, 1.54) is 0 Å². The van der Waals surface area contributed by atoms with Crippen molar-refractivity contribution in [1.82, 2.24) is 10.1 Å². The first-order valence-corrected chi connectivity index (χ1v) is 5.17. The molecule has 0 radical (unpaired) electrons. The molecule has 15 heavy (non-hydrogen) atoms. The van der Waals surface area contributed by atoms with Crippen LogP contribution in [0.1, 0.15) is 25.6 Å². The van der Waals surface area contributed by atoms with Crippen LogP contribution in [0.25, 0.3) is 0 Å². The van der Waals surface area contributed by atoms with Crippen molar-refractivity contribution in [1.29, 1.82) is 0 Å². The molecular weight excluding hydrogens is 194 g/mol. The van der Waals surface area contributed by atoms with Crippen LogP contribution in [0.4, 0.5) is 0 Å². The smallest absolute Gasteiger partial charge is 0.226 e. The second kappa shape index (κ2) is 5.82. The van der Waals surface area contributed by atoms with Crippen molar-refractivity contribution in [2.45, 2.75) is 32.7 Å². The van der Waals surface area contributed by atoms with Gasteiger partial charge in [-0.2, -0.15) is 4.98 Å². The van der Waals surface area contributed by atoms with E-state index < -0.39 is 0 Å². The molecule has 0 saturated carbocycles. The van der Waals surface area contributed by atoms with E-state index in [9.17, 15) is 0 Å². The van der Waals surface area contributed by atoms with Crippen molar-refractivity contribution < 1.29 is 9.26 Å². The molecule has 1 aromatic heterocycles. The first kappa shape index (κ1) is 12.1. The molecule has 0 amide bonds. The Morgan fingerprint density at radius 1 is 1.40 bits per heavy atom. The summed E-state index contributed by atoms with van der Waals surface area (Å²) in [5.74, 6) is 1.73. The average molecular weight is 213 g/mol. The summed E-state index contributed by atoms with van der Waals surface area (Å²) in [7, 11) is 1.69. The number of rotatable bonds is 6. The third kappa shape index (κ3) is 4.40. The lowest BCUT2D eigenvalue weighted by Gasteiger charge is -2.05. The van der Waals surface area contributed by atoms with Crippen molar-refractivity contribution in [3.63, 3.8) is 0 Å². The third-order valence-corrected chi connectivity index (χ3v) is 1.99. The van der Waals surface area contributed by atoms with Crippen LogP contribution in [0.3, 0.4) is 0 Å². The minimum Gasteiger partial charge on any atom is -0.384 e. The molecular formula is C10H19N3O2. The van der Waals surface area contributed by atoms with Gasteiger partial charge in [-0.05, 0) is 12.8 Å². The van der Waals surface area contributed by atoms with Crippen molar-refractivity contribution in [3.8, 4) is 0 Å². The van der Waals surface area contributed by atoms with Gasteiger partial charge in [0.15, 0.2) is 5.82 Å². The van der Waals surface area contributed by atoms with Crippen LogP contribution < -0.4 is 5.73 Å². The maximum atomic E-state index is 5.64. The maximum absolute atomic E-state index is 5.64. The van der Waals surface area contributed by atoms with E-state index in [2.05, 4.69) is 17.1 Å². The van der Waals surface area contributed by atoms with E-state index in [1.54, 1.807) is 7.11 Å². The molecule has 1 aromatic rings. The first-order valence-electron chi connectivity index (χ1n) is 5.17. The van der Waals surface area contributed by atoms with E-state index in [0.29, 0.717) is 30.7 Å². The Balaban J connectivity index is 2.45. The monoisotopic (exact) mass is 213 g/mol. The van der Waals surface area contributed by atoms with Crippen LogP contribution >= 0.6 is 0 Å². The average Bonchev–Trinajstić information content (AvgIpc) is 2.51. The molecule has 86 valence electrons. The van der Waals surface area contributed by atoms with Gasteiger partial charge in [-0.1, -0.05) is 12.1 Å². The molecule has 0 aliphatic rings. The van der Waals surface area contributed by atoms with Crippen molar-refractivity contribution in [2.24, 2.45) is 11.7 Å². The van der Waals surface area contributed by atoms with Crippen LogP contribution in [0.5, 0.6) is 0 Å². The molecule has 0 saturated heterocycles. The van der Waals surface area contributed by atoms with E-state index in [4.69, 9.17) is 15.0 Å². The normalized spacial score (nSPS) is 15.2. The zero-order valence-corrected chi connectivity index (χ0v) is 9.56. The highest BCUT2D eigenvalue weighted by Crippen LogP contribution is 2.07. The van der Waals surface area contributed by atoms with Gasteiger partial charge in [0.2, 0.25) is 5.89 Å². The van der Waals surface area contributed by atoms with Gasteiger partial charge >= 0.3 is 0 Å². The maximum Gasteiger partial charge on any atom is 0.226 e. The highest BCUT2D eigenvalue weighted by atomic mass is 16.5. The second-order valence-corrected chi connectivity index (χ2v) is 4.05. The largest absolute Gasteiger partial charge is 0.384 e. The van der Waals surface area contributed by atoms with Crippen LogP contribution in [0.2, 0.25) is 0 Å². The fourth-order valence-electron chi connectivity index (χ4n) is 1.39. The SMILES string of the molecule is COCC(C)Cc1nc(CC(C)N)no1. The molecule has 5 nitrogen and oxygen atoms in total. The van der Waals surface area contributed by atoms with Gasteiger partial charge in [0.25, 0.3) is 0 Å². The summed E-state index contributed by atoms with van der Waals surface area (Å²) in [6.07, 6.45) is 1.40. The lowest BCUT2D eigenvalue weighted by molar-refractivity contribution is 0.155. The molecule has 1 heterocycles. The Hall–Kier alpha value is -0.940. The predicted molar refractivity (Wildman–Crippen MR) is 56.4 cm³/mol. The van der Waals surface area contributed by atoms with Crippen LogP contribution in [-0.4, -0.2) is 29.9 Å². The Labute approximate surface area is 90.0 Å². The fraction of sp³-hybridized carbons (Fsp3) is 0.800. The topological polar surface area (TPSA) is 74.2 Å². The summed E-state index contributed by atoms with van der Waals surface area (Å²) < 4.78 is 10.1. The van der Waals surface area contributed by atoms with E-state index >= 15 is 0 Å². The molecule has 0 bridgehead atoms. The van der Waals surface area contributed by atoms with Gasteiger partial charge in [-0.15, -0.1) is 0 Å².